The average molecular weight is 281 g/mol. The minimum atomic E-state index is 0.155. The first-order valence-electron chi connectivity index (χ1n) is 8.48. The SMILES string of the molecule is CCC1CCCCN1CCNC(=O)C1CCCC(N)C1. The van der Waals surface area contributed by atoms with Gasteiger partial charge >= 0.3 is 0 Å². The van der Waals surface area contributed by atoms with E-state index in [1.54, 1.807) is 0 Å². The summed E-state index contributed by atoms with van der Waals surface area (Å²) in [6.07, 6.45) is 9.28. The highest BCUT2D eigenvalue weighted by Gasteiger charge is 2.25. The molecule has 3 N–H and O–H groups in total. The number of nitrogens with zero attached hydrogens (tertiary/aromatic N) is 1. The molecule has 1 amide bonds. The van der Waals surface area contributed by atoms with Gasteiger partial charge in [0.25, 0.3) is 0 Å². The lowest BCUT2D eigenvalue weighted by Gasteiger charge is -2.35. The molecule has 1 aliphatic carbocycles. The third kappa shape index (κ3) is 4.45. The van der Waals surface area contributed by atoms with E-state index in [2.05, 4.69) is 17.1 Å². The Morgan fingerprint density at radius 3 is 2.85 bits per heavy atom. The largest absolute Gasteiger partial charge is 0.355 e. The molecule has 4 nitrogen and oxygen atoms in total. The van der Waals surface area contributed by atoms with Gasteiger partial charge in [-0.2, -0.15) is 0 Å². The van der Waals surface area contributed by atoms with Crippen LogP contribution in [0.4, 0.5) is 0 Å². The van der Waals surface area contributed by atoms with E-state index in [9.17, 15) is 4.79 Å². The topological polar surface area (TPSA) is 58.4 Å². The quantitative estimate of drug-likeness (QED) is 0.809. The van der Waals surface area contributed by atoms with Crippen LogP contribution in [-0.2, 0) is 4.79 Å². The Hall–Kier alpha value is -0.610. The van der Waals surface area contributed by atoms with E-state index < -0.39 is 0 Å². The van der Waals surface area contributed by atoms with Crippen molar-refractivity contribution in [3.05, 3.63) is 0 Å². The highest BCUT2D eigenvalue weighted by atomic mass is 16.1. The normalized spacial score (nSPS) is 32.0. The van der Waals surface area contributed by atoms with Gasteiger partial charge in [0.1, 0.15) is 0 Å². The molecule has 1 saturated heterocycles. The molecule has 3 atom stereocenters. The van der Waals surface area contributed by atoms with Crippen LogP contribution in [0.25, 0.3) is 0 Å². The summed E-state index contributed by atoms with van der Waals surface area (Å²) in [5.74, 6) is 0.382. The molecule has 1 aliphatic heterocycles. The van der Waals surface area contributed by atoms with Gasteiger partial charge in [0.2, 0.25) is 5.91 Å². The number of rotatable bonds is 5. The Morgan fingerprint density at radius 1 is 1.25 bits per heavy atom. The number of nitrogens with two attached hydrogens (primary N) is 1. The lowest BCUT2D eigenvalue weighted by molar-refractivity contribution is -0.126. The summed E-state index contributed by atoms with van der Waals surface area (Å²) in [4.78, 5) is 14.7. The number of hydrogen-bond donors (Lipinski definition) is 2. The fraction of sp³-hybridized carbons (Fsp3) is 0.938. The van der Waals surface area contributed by atoms with Crippen molar-refractivity contribution in [1.29, 1.82) is 0 Å². The molecule has 0 aromatic heterocycles. The number of hydrogen-bond acceptors (Lipinski definition) is 3. The molecule has 2 fully saturated rings. The molecule has 1 saturated carbocycles. The molecule has 1 heterocycles. The van der Waals surface area contributed by atoms with Crippen LogP contribution < -0.4 is 11.1 Å². The van der Waals surface area contributed by atoms with Crippen molar-refractivity contribution >= 4 is 5.91 Å². The van der Waals surface area contributed by atoms with Crippen LogP contribution in [-0.4, -0.2) is 42.5 Å². The fourth-order valence-corrected chi connectivity index (χ4v) is 3.75. The smallest absolute Gasteiger partial charge is 0.223 e. The van der Waals surface area contributed by atoms with Crippen molar-refractivity contribution in [1.82, 2.24) is 10.2 Å². The van der Waals surface area contributed by atoms with Gasteiger partial charge in [0, 0.05) is 31.1 Å². The first kappa shape index (κ1) is 15.8. The van der Waals surface area contributed by atoms with E-state index in [1.165, 1.54) is 32.2 Å². The second kappa shape index (κ2) is 7.99. The Kier molecular flexibility index (Phi) is 6.30. The molecule has 20 heavy (non-hydrogen) atoms. The third-order valence-corrected chi connectivity index (χ3v) is 5.00. The Bertz CT molecular complexity index is 308. The third-order valence-electron chi connectivity index (χ3n) is 5.00. The fourth-order valence-electron chi connectivity index (χ4n) is 3.75. The summed E-state index contributed by atoms with van der Waals surface area (Å²) >= 11 is 0. The maximum absolute atomic E-state index is 12.2. The molecule has 0 aromatic carbocycles. The van der Waals surface area contributed by atoms with E-state index in [1.807, 2.05) is 0 Å². The van der Waals surface area contributed by atoms with Crippen LogP contribution in [0.3, 0.4) is 0 Å². The van der Waals surface area contributed by atoms with Crippen LogP contribution in [0.1, 0.15) is 58.3 Å². The van der Waals surface area contributed by atoms with E-state index >= 15 is 0 Å². The molecular weight excluding hydrogens is 250 g/mol. The highest BCUT2D eigenvalue weighted by molar-refractivity contribution is 5.78. The minimum Gasteiger partial charge on any atom is -0.355 e. The molecule has 4 heteroatoms. The van der Waals surface area contributed by atoms with E-state index in [4.69, 9.17) is 5.73 Å². The van der Waals surface area contributed by atoms with Crippen LogP contribution >= 0.6 is 0 Å². The van der Waals surface area contributed by atoms with Gasteiger partial charge in [0.15, 0.2) is 0 Å². The lowest BCUT2D eigenvalue weighted by atomic mass is 9.85. The molecule has 116 valence electrons. The van der Waals surface area contributed by atoms with Gasteiger partial charge in [-0.15, -0.1) is 0 Å². The monoisotopic (exact) mass is 281 g/mol. The van der Waals surface area contributed by atoms with E-state index in [-0.39, 0.29) is 17.9 Å². The van der Waals surface area contributed by atoms with Crippen LogP contribution in [0.2, 0.25) is 0 Å². The summed E-state index contributed by atoms with van der Waals surface area (Å²) in [5, 5.41) is 3.13. The van der Waals surface area contributed by atoms with E-state index in [0.29, 0.717) is 0 Å². The first-order valence-corrected chi connectivity index (χ1v) is 8.48. The second-order valence-electron chi connectivity index (χ2n) is 6.51. The lowest BCUT2D eigenvalue weighted by Crippen LogP contribution is -2.45. The minimum absolute atomic E-state index is 0.155. The molecule has 2 rings (SSSR count). The van der Waals surface area contributed by atoms with Crippen molar-refractivity contribution in [2.45, 2.75) is 70.4 Å². The average Bonchev–Trinajstić information content (AvgIpc) is 2.47. The van der Waals surface area contributed by atoms with Crippen LogP contribution in [0.15, 0.2) is 0 Å². The van der Waals surface area contributed by atoms with Crippen LogP contribution in [0.5, 0.6) is 0 Å². The van der Waals surface area contributed by atoms with Crippen molar-refractivity contribution < 1.29 is 4.79 Å². The Balaban J connectivity index is 1.68. The maximum atomic E-state index is 12.2. The molecule has 0 radical (unpaired) electrons. The molecule has 0 aromatic rings. The molecular formula is C16H31N3O. The van der Waals surface area contributed by atoms with Crippen molar-refractivity contribution in [2.24, 2.45) is 11.7 Å². The highest BCUT2D eigenvalue weighted by Crippen LogP contribution is 2.23. The van der Waals surface area contributed by atoms with Gasteiger partial charge in [-0.05, 0) is 45.1 Å². The van der Waals surface area contributed by atoms with Crippen molar-refractivity contribution in [2.75, 3.05) is 19.6 Å². The molecule has 2 aliphatic rings. The van der Waals surface area contributed by atoms with Gasteiger partial charge in [-0.25, -0.2) is 0 Å². The van der Waals surface area contributed by atoms with Gasteiger partial charge in [-0.1, -0.05) is 19.8 Å². The summed E-state index contributed by atoms with van der Waals surface area (Å²) in [6.45, 7) is 5.26. The Morgan fingerprint density at radius 2 is 2.10 bits per heavy atom. The number of carbonyl (C=O) groups is 1. The first-order chi connectivity index (χ1) is 9.70. The van der Waals surface area contributed by atoms with Crippen LogP contribution in [0, 0.1) is 5.92 Å². The van der Waals surface area contributed by atoms with Crippen molar-refractivity contribution in [3.8, 4) is 0 Å². The summed E-state index contributed by atoms with van der Waals surface area (Å²) < 4.78 is 0. The van der Waals surface area contributed by atoms with Gasteiger partial charge in [-0.3, -0.25) is 9.69 Å². The van der Waals surface area contributed by atoms with Crippen molar-refractivity contribution in [3.63, 3.8) is 0 Å². The maximum Gasteiger partial charge on any atom is 0.223 e. The number of piperidine rings is 1. The molecule has 0 bridgehead atoms. The number of likely N-dealkylation sites (tertiary alicyclic amines) is 1. The van der Waals surface area contributed by atoms with Gasteiger partial charge < -0.3 is 11.1 Å². The summed E-state index contributed by atoms with van der Waals surface area (Å²) in [7, 11) is 0. The summed E-state index contributed by atoms with van der Waals surface area (Å²) in [5.41, 5.74) is 5.96. The molecule has 0 spiro atoms. The standard InChI is InChI=1S/C16H31N3O/c1-2-15-8-3-4-10-19(15)11-9-18-16(20)13-6-5-7-14(17)12-13/h13-15H,2-12,17H2,1H3,(H,18,20). The van der Waals surface area contributed by atoms with Gasteiger partial charge in [0.05, 0.1) is 0 Å². The second-order valence-corrected chi connectivity index (χ2v) is 6.51. The zero-order valence-electron chi connectivity index (χ0n) is 12.9. The number of carbonyl (C=O) groups excluding carboxylic acids is 1. The number of nitrogens with one attached hydrogen (secondary N) is 1. The molecule has 3 unspecified atom stereocenters. The predicted octanol–water partition coefficient (Wildman–Crippen LogP) is 1.88. The zero-order chi connectivity index (χ0) is 14.4. The Labute approximate surface area is 123 Å². The predicted molar refractivity (Wildman–Crippen MR) is 82.4 cm³/mol. The van der Waals surface area contributed by atoms with E-state index in [0.717, 1.165) is 44.8 Å². The number of amides is 1. The summed E-state index contributed by atoms with van der Waals surface area (Å²) in [6, 6.07) is 0.954. The zero-order valence-corrected chi connectivity index (χ0v) is 12.9.